The molecule has 2 N–H and O–H groups in total. The second kappa shape index (κ2) is 9.71. The lowest BCUT2D eigenvalue weighted by molar-refractivity contribution is 0.343. The molecular formula is C12H16O2. The second-order valence-corrected chi connectivity index (χ2v) is 2.47. The predicted molar refractivity (Wildman–Crippen MR) is 59.8 cm³/mol. The number of hydrogen-bond donors (Lipinski definition) is 2. The minimum atomic E-state index is 0.0833. The van der Waals surface area contributed by atoms with Crippen molar-refractivity contribution in [3.8, 4) is 0 Å². The van der Waals surface area contributed by atoms with Gasteiger partial charge in [-0.05, 0) is 5.56 Å². The van der Waals surface area contributed by atoms with Crippen molar-refractivity contribution in [2.45, 2.75) is 0 Å². The van der Waals surface area contributed by atoms with Gasteiger partial charge in [-0.3, -0.25) is 0 Å². The highest BCUT2D eigenvalue weighted by molar-refractivity contribution is 5.48. The smallest absolute Gasteiger partial charge is 0.0615 e. The van der Waals surface area contributed by atoms with E-state index in [0.29, 0.717) is 0 Å². The van der Waals surface area contributed by atoms with Gasteiger partial charge in [0, 0.05) is 0 Å². The molecule has 0 aromatic heterocycles. The summed E-state index contributed by atoms with van der Waals surface area (Å²) in [5.74, 6) is 0. The molecule has 76 valence electrons. The van der Waals surface area contributed by atoms with Gasteiger partial charge in [0.15, 0.2) is 0 Å². The topological polar surface area (TPSA) is 40.5 Å². The van der Waals surface area contributed by atoms with Crippen molar-refractivity contribution in [1.82, 2.24) is 0 Å². The summed E-state index contributed by atoms with van der Waals surface area (Å²) in [6.45, 7) is 3.42. The highest BCUT2D eigenvalue weighted by atomic mass is 16.3. The van der Waals surface area contributed by atoms with Gasteiger partial charge in [-0.1, -0.05) is 48.6 Å². The van der Waals surface area contributed by atoms with Crippen LogP contribution in [0.15, 0.2) is 49.1 Å². The Labute approximate surface area is 84.8 Å². The fraction of sp³-hybridized carbons (Fsp3) is 0.167. The van der Waals surface area contributed by atoms with Crippen molar-refractivity contribution >= 4 is 6.08 Å². The van der Waals surface area contributed by atoms with Crippen LogP contribution in [0.3, 0.4) is 0 Å². The fourth-order valence-electron chi connectivity index (χ4n) is 0.753. The minimum Gasteiger partial charge on any atom is -0.392 e. The lowest BCUT2D eigenvalue weighted by Gasteiger charge is -1.88. The van der Waals surface area contributed by atoms with Crippen LogP contribution in [-0.4, -0.2) is 23.4 Å². The summed E-state index contributed by atoms with van der Waals surface area (Å²) in [4.78, 5) is 0. The molecule has 0 heterocycles. The van der Waals surface area contributed by atoms with Gasteiger partial charge in [0.1, 0.15) is 0 Å². The molecule has 2 nitrogen and oxygen atoms in total. The Bertz CT molecular complexity index is 252. The van der Waals surface area contributed by atoms with E-state index in [9.17, 15) is 0 Å². The second-order valence-electron chi connectivity index (χ2n) is 2.47. The van der Waals surface area contributed by atoms with Crippen LogP contribution in [-0.2, 0) is 0 Å². The molecule has 0 radical (unpaired) electrons. The van der Waals surface area contributed by atoms with Gasteiger partial charge in [-0.25, -0.2) is 0 Å². The molecule has 0 aliphatic heterocycles. The van der Waals surface area contributed by atoms with Crippen LogP contribution >= 0.6 is 0 Å². The van der Waals surface area contributed by atoms with Gasteiger partial charge in [-0.15, -0.1) is 6.58 Å². The van der Waals surface area contributed by atoms with Gasteiger partial charge in [0.25, 0.3) is 0 Å². The average molecular weight is 192 g/mol. The molecule has 1 rings (SSSR count). The molecule has 1 aromatic carbocycles. The Hall–Kier alpha value is -1.38. The fourth-order valence-corrected chi connectivity index (χ4v) is 0.753. The maximum Gasteiger partial charge on any atom is 0.0615 e. The average Bonchev–Trinajstić information content (AvgIpc) is 2.28. The van der Waals surface area contributed by atoms with Crippen molar-refractivity contribution in [2.75, 3.05) is 13.2 Å². The SMILES string of the molecule is C=CCO.OC/C=C/c1ccccc1. The zero-order chi connectivity index (χ0) is 10.6. The highest BCUT2D eigenvalue weighted by Crippen LogP contribution is 1.99. The number of rotatable bonds is 3. The monoisotopic (exact) mass is 192 g/mol. The van der Waals surface area contributed by atoms with E-state index in [4.69, 9.17) is 10.2 Å². The zero-order valence-electron chi connectivity index (χ0n) is 8.13. The largest absolute Gasteiger partial charge is 0.392 e. The third kappa shape index (κ3) is 7.28. The van der Waals surface area contributed by atoms with Crippen molar-refractivity contribution in [3.05, 3.63) is 54.6 Å². The van der Waals surface area contributed by atoms with E-state index in [1.54, 1.807) is 6.08 Å². The first-order valence-electron chi connectivity index (χ1n) is 4.39. The van der Waals surface area contributed by atoms with Crippen molar-refractivity contribution in [1.29, 1.82) is 0 Å². The third-order valence-electron chi connectivity index (χ3n) is 1.34. The minimum absolute atomic E-state index is 0.0833. The molecule has 0 saturated carbocycles. The molecule has 0 aliphatic rings. The van der Waals surface area contributed by atoms with Crippen molar-refractivity contribution < 1.29 is 10.2 Å². The summed E-state index contributed by atoms with van der Waals surface area (Å²) >= 11 is 0. The maximum absolute atomic E-state index is 8.44. The van der Waals surface area contributed by atoms with Gasteiger partial charge in [0.2, 0.25) is 0 Å². The lowest BCUT2D eigenvalue weighted by atomic mass is 10.2. The molecular weight excluding hydrogens is 176 g/mol. The molecule has 0 spiro atoms. The van der Waals surface area contributed by atoms with Crippen molar-refractivity contribution in [2.24, 2.45) is 0 Å². The highest BCUT2D eigenvalue weighted by Gasteiger charge is 1.79. The zero-order valence-corrected chi connectivity index (χ0v) is 8.13. The van der Waals surface area contributed by atoms with E-state index in [1.807, 2.05) is 36.4 Å². The van der Waals surface area contributed by atoms with Crippen LogP contribution in [0, 0.1) is 0 Å². The Balaban J connectivity index is 0.000000364. The molecule has 0 aliphatic carbocycles. The molecule has 14 heavy (non-hydrogen) atoms. The number of hydrogen-bond acceptors (Lipinski definition) is 2. The van der Waals surface area contributed by atoms with Gasteiger partial charge >= 0.3 is 0 Å². The Morgan fingerprint density at radius 3 is 2.07 bits per heavy atom. The standard InChI is InChI=1S/C9H10O.C3H6O/c10-8-4-7-9-5-2-1-3-6-9;1-2-3-4/h1-7,10H,8H2;2,4H,1,3H2/b7-4+;. The van der Waals surface area contributed by atoms with Crippen molar-refractivity contribution in [3.63, 3.8) is 0 Å². The van der Waals surface area contributed by atoms with Gasteiger partial charge < -0.3 is 10.2 Å². The van der Waals surface area contributed by atoms with Crippen LogP contribution in [0.25, 0.3) is 6.08 Å². The molecule has 0 fully saturated rings. The summed E-state index contributed by atoms with van der Waals surface area (Å²) in [6.07, 6.45) is 5.04. The van der Waals surface area contributed by atoms with E-state index in [0.717, 1.165) is 5.56 Å². The van der Waals surface area contributed by atoms with E-state index in [1.165, 1.54) is 6.08 Å². The quantitative estimate of drug-likeness (QED) is 0.718. The summed E-state index contributed by atoms with van der Waals surface area (Å²) in [6, 6.07) is 9.89. The molecule has 2 heteroatoms. The number of benzene rings is 1. The first kappa shape index (κ1) is 12.6. The Kier molecular flexibility index (Phi) is 8.75. The molecule has 0 amide bonds. The van der Waals surface area contributed by atoms with Crippen LogP contribution in [0.1, 0.15) is 5.56 Å². The summed E-state index contributed by atoms with van der Waals surface area (Å²) < 4.78 is 0. The van der Waals surface area contributed by atoms with E-state index in [2.05, 4.69) is 6.58 Å². The van der Waals surface area contributed by atoms with Crippen LogP contribution < -0.4 is 0 Å². The van der Waals surface area contributed by atoms with Gasteiger partial charge in [-0.2, -0.15) is 0 Å². The summed E-state index contributed by atoms with van der Waals surface area (Å²) in [5, 5.41) is 16.2. The lowest BCUT2D eigenvalue weighted by Crippen LogP contribution is -1.72. The molecule has 0 bridgehead atoms. The third-order valence-corrected chi connectivity index (χ3v) is 1.34. The predicted octanol–water partition coefficient (Wildman–Crippen LogP) is 1.86. The van der Waals surface area contributed by atoms with Crippen LogP contribution in [0.2, 0.25) is 0 Å². The van der Waals surface area contributed by atoms with Crippen LogP contribution in [0.4, 0.5) is 0 Å². The molecule has 0 unspecified atom stereocenters. The first-order valence-corrected chi connectivity index (χ1v) is 4.39. The first-order chi connectivity index (χ1) is 6.85. The number of aliphatic hydroxyl groups excluding tert-OH is 2. The molecule has 1 aromatic rings. The van der Waals surface area contributed by atoms with E-state index in [-0.39, 0.29) is 13.2 Å². The van der Waals surface area contributed by atoms with Crippen LogP contribution in [0.5, 0.6) is 0 Å². The van der Waals surface area contributed by atoms with E-state index >= 15 is 0 Å². The Morgan fingerprint density at radius 1 is 1.07 bits per heavy atom. The normalized spacial score (nSPS) is 9.29. The maximum atomic E-state index is 8.44. The number of aliphatic hydroxyl groups is 2. The van der Waals surface area contributed by atoms with Gasteiger partial charge in [0.05, 0.1) is 13.2 Å². The molecule has 0 saturated heterocycles. The summed E-state index contributed by atoms with van der Waals surface area (Å²) in [7, 11) is 0. The molecule has 0 atom stereocenters. The summed E-state index contributed by atoms with van der Waals surface area (Å²) in [5.41, 5.74) is 1.12. The van der Waals surface area contributed by atoms with E-state index < -0.39 is 0 Å². The Morgan fingerprint density at radius 2 is 1.64 bits per heavy atom.